The van der Waals surface area contributed by atoms with Crippen LogP contribution >= 0.6 is 0 Å². The minimum atomic E-state index is -0.188. The fourth-order valence-corrected chi connectivity index (χ4v) is 5.94. The van der Waals surface area contributed by atoms with Crippen molar-refractivity contribution in [1.29, 1.82) is 0 Å². The van der Waals surface area contributed by atoms with Gasteiger partial charge < -0.3 is 10.2 Å². The number of piperazine rings is 1. The fraction of sp³-hybridized carbons (Fsp3) is 0.185. The third-order valence-corrected chi connectivity index (χ3v) is 8.10. The second kappa shape index (κ2) is 9.35. The molecule has 1 aromatic carbocycles. The van der Waals surface area contributed by atoms with Crippen molar-refractivity contribution in [3.63, 3.8) is 0 Å². The molecule has 7 nitrogen and oxygen atoms in total. The molecule has 1 aliphatic rings. The van der Waals surface area contributed by atoms with Crippen LogP contribution in [0, 0.1) is 10.5 Å². The minimum absolute atomic E-state index is 0.188. The van der Waals surface area contributed by atoms with E-state index in [1.807, 2.05) is 40.3 Å². The zero-order valence-corrected chi connectivity index (χ0v) is 21.6. The molecule has 0 spiro atoms. The molecule has 0 bridgehead atoms. The SMILES string of the molecule is C=C[I-]c1ccc2c(-c3cnn4cc(-c5ccc(N6CCNCC6)nc5)cnc34)cc(C)nc2c1. The van der Waals surface area contributed by atoms with Gasteiger partial charge in [0.15, 0.2) is 0 Å². The molecule has 1 fully saturated rings. The van der Waals surface area contributed by atoms with E-state index in [9.17, 15) is 0 Å². The van der Waals surface area contributed by atoms with E-state index in [4.69, 9.17) is 15.0 Å². The van der Waals surface area contributed by atoms with E-state index in [2.05, 4.69) is 58.3 Å². The van der Waals surface area contributed by atoms with Crippen LogP contribution in [0.25, 0.3) is 38.8 Å². The second-order valence-corrected chi connectivity index (χ2v) is 11.3. The van der Waals surface area contributed by atoms with Gasteiger partial charge in [0.25, 0.3) is 0 Å². The van der Waals surface area contributed by atoms with Crippen molar-refractivity contribution in [1.82, 2.24) is 29.9 Å². The van der Waals surface area contributed by atoms with Crippen LogP contribution < -0.4 is 31.4 Å². The van der Waals surface area contributed by atoms with Crippen molar-refractivity contribution in [2.24, 2.45) is 0 Å². The van der Waals surface area contributed by atoms with Gasteiger partial charge in [-0.3, -0.25) is 0 Å². The normalized spacial score (nSPS) is 14.1. The number of halogens is 1. The van der Waals surface area contributed by atoms with Gasteiger partial charge in [-0.25, -0.2) is 4.98 Å². The number of anilines is 1. The van der Waals surface area contributed by atoms with Gasteiger partial charge in [-0.2, -0.15) is 0 Å². The van der Waals surface area contributed by atoms with Gasteiger partial charge in [0.1, 0.15) is 5.82 Å². The maximum atomic E-state index is 4.82. The van der Waals surface area contributed by atoms with Crippen LogP contribution in [0.3, 0.4) is 0 Å². The molecule has 0 aliphatic carbocycles. The molecule has 5 heterocycles. The summed E-state index contributed by atoms with van der Waals surface area (Å²) >= 11 is -0.188. The summed E-state index contributed by atoms with van der Waals surface area (Å²) in [5.74, 6) is 1.02. The van der Waals surface area contributed by atoms with E-state index in [-0.39, 0.29) is 21.2 Å². The number of benzene rings is 1. The summed E-state index contributed by atoms with van der Waals surface area (Å²) < 4.78 is 5.20. The Morgan fingerprint density at radius 3 is 2.63 bits per heavy atom. The molecule has 0 atom stereocenters. The Morgan fingerprint density at radius 1 is 0.971 bits per heavy atom. The molecule has 8 heteroatoms. The van der Waals surface area contributed by atoms with E-state index in [0.29, 0.717) is 0 Å². The Kier molecular flexibility index (Phi) is 5.91. The third-order valence-electron chi connectivity index (χ3n) is 6.27. The molecule has 35 heavy (non-hydrogen) atoms. The van der Waals surface area contributed by atoms with Gasteiger partial charge in [-0.1, -0.05) is 0 Å². The molecule has 6 rings (SSSR count). The number of nitrogens with one attached hydrogen (secondary N) is 1. The number of hydrogen-bond acceptors (Lipinski definition) is 6. The number of pyridine rings is 2. The summed E-state index contributed by atoms with van der Waals surface area (Å²) in [7, 11) is 0. The average Bonchev–Trinajstić information content (AvgIpc) is 3.32. The first-order valence-corrected chi connectivity index (χ1v) is 13.9. The number of aryl methyl sites for hydroxylation is 1. The number of fused-ring (bicyclic) bond motifs is 2. The number of nitrogens with zero attached hydrogens (tertiary/aromatic N) is 6. The van der Waals surface area contributed by atoms with Gasteiger partial charge >= 0.3 is 162 Å². The van der Waals surface area contributed by atoms with Crippen LogP contribution in [0.15, 0.2) is 71.8 Å². The van der Waals surface area contributed by atoms with Crippen molar-refractivity contribution in [3.8, 4) is 22.3 Å². The van der Waals surface area contributed by atoms with Gasteiger partial charge in [0.05, 0.1) is 0 Å². The van der Waals surface area contributed by atoms with Crippen LogP contribution in [0.4, 0.5) is 5.82 Å². The second-order valence-electron chi connectivity index (χ2n) is 8.55. The molecule has 1 N–H and O–H groups in total. The van der Waals surface area contributed by atoms with Gasteiger partial charge in [-0.15, -0.1) is 0 Å². The molecule has 176 valence electrons. The van der Waals surface area contributed by atoms with Crippen molar-refractivity contribution in [3.05, 3.63) is 81.1 Å². The Balaban J connectivity index is 1.36. The summed E-state index contributed by atoms with van der Waals surface area (Å²) in [6.45, 7) is 9.89. The first-order chi connectivity index (χ1) is 17.2. The molecule has 0 saturated carbocycles. The molecule has 0 amide bonds. The van der Waals surface area contributed by atoms with Crippen LogP contribution in [-0.4, -0.2) is 50.7 Å². The van der Waals surface area contributed by atoms with Crippen LogP contribution in [-0.2, 0) is 0 Å². The molecule has 1 saturated heterocycles. The van der Waals surface area contributed by atoms with Crippen molar-refractivity contribution < 1.29 is 21.2 Å². The van der Waals surface area contributed by atoms with Gasteiger partial charge in [0, 0.05) is 26.2 Å². The molecule has 1 aliphatic heterocycles. The Morgan fingerprint density at radius 2 is 1.83 bits per heavy atom. The van der Waals surface area contributed by atoms with Crippen LogP contribution in [0.5, 0.6) is 0 Å². The summed E-state index contributed by atoms with van der Waals surface area (Å²) in [5, 5.41) is 9.14. The van der Waals surface area contributed by atoms with E-state index in [1.165, 1.54) is 3.57 Å². The maximum absolute atomic E-state index is 4.82. The number of hydrogen-bond donors (Lipinski definition) is 1. The molecule has 0 unspecified atom stereocenters. The summed E-state index contributed by atoms with van der Waals surface area (Å²) in [4.78, 5) is 16.6. The monoisotopic (exact) mass is 574 g/mol. The van der Waals surface area contributed by atoms with Crippen LogP contribution in [0.2, 0.25) is 0 Å². The Hall–Kier alpha value is -3.37. The number of rotatable bonds is 5. The van der Waals surface area contributed by atoms with Crippen molar-refractivity contribution in [2.45, 2.75) is 6.92 Å². The Labute approximate surface area is 214 Å². The zero-order valence-electron chi connectivity index (χ0n) is 19.4. The van der Waals surface area contributed by atoms with E-state index < -0.39 is 0 Å². The van der Waals surface area contributed by atoms with E-state index in [1.54, 1.807) is 0 Å². The predicted octanol–water partition coefficient (Wildman–Crippen LogP) is 1.13. The van der Waals surface area contributed by atoms with E-state index in [0.717, 1.165) is 76.5 Å². The van der Waals surface area contributed by atoms with Crippen molar-refractivity contribution >= 4 is 22.4 Å². The third kappa shape index (κ3) is 4.28. The Bertz CT molecular complexity index is 1540. The standard InChI is InChI=1S/C27H25IN7/c1-3-28-21-5-6-22-23(12-18(2)33-25(22)13-21)24-16-32-35-17-20(15-31-27(24)35)19-4-7-26(30-14-19)34-10-8-29-9-11-34/h3-7,12-17,29H,1,8-11H2,2H3/q-1. The van der Waals surface area contributed by atoms with E-state index >= 15 is 0 Å². The molecular formula is C27H25IN7-. The first-order valence-electron chi connectivity index (χ1n) is 11.6. The summed E-state index contributed by atoms with van der Waals surface area (Å²) in [6, 6.07) is 12.9. The molecule has 4 aromatic heterocycles. The first kappa shape index (κ1) is 22.1. The average molecular weight is 574 g/mol. The topological polar surface area (TPSA) is 71.2 Å². The summed E-state index contributed by atoms with van der Waals surface area (Å²) in [6.07, 6.45) is 7.76. The fourth-order valence-electron chi connectivity index (χ4n) is 4.57. The van der Waals surface area contributed by atoms with Crippen LogP contribution in [0.1, 0.15) is 5.69 Å². The van der Waals surface area contributed by atoms with Gasteiger partial charge in [0.2, 0.25) is 0 Å². The zero-order chi connectivity index (χ0) is 23.8. The predicted molar refractivity (Wildman–Crippen MR) is 136 cm³/mol. The number of aromatic nitrogens is 5. The van der Waals surface area contributed by atoms with Gasteiger partial charge in [-0.05, 0) is 6.07 Å². The quantitative estimate of drug-likeness (QED) is 0.318. The molecular weight excluding hydrogens is 549 g/mol. The molecule has 0 radical (unpaired) electrons. The summed E-state index contributed by atoms with van der Waals surface area (Å²) in [5.41, 5.74) is 6.93. The van der Waals surface area contributed by atoms with Crippen molar-refractivity contribution in [2.75, 3.05) is 31.1 Å². The molecule has 5 aromatic rings.